The zero-order valence-corrected chi connectivity index (χ0v) is 13.6. The van der Waals surface area contributed by atoms with E-state index in [0.717, 1.165) is 5.56 Å². The molecule has 2 N–H and O–H groups in total. The molecule has 23 heavy (non-hydrogen) atoms. The Balaban J connectivity index is 1.67. The average molecular weight is 333 g/mol. The van der Waals surface area contributed by atoms with Crippen LogP contribution < -0.4 is 20.1 Å². The van der Waals surface area contributed by atoms with E-state index in [1.807, 2.05) is 26.0 Å². The van der Waals surface area contributed by atoms with Crippen LogP contribution in [0.4, 0.5) is 10.5 Å². The van der Waals surface area contributed by atoms with Gasteiger partial charge in [0.1, 0.15) is 0 Å². The third kappa shape index (κ3) is 3.51. The van der Waals surface area contributed by atoms with Gasteiger partial charge in [-0.05, 0) is 43.7 Å². The molecule has 6 heteroatoms. The largest absolute Gasteiger partial charge is 0.454 e. The van der Waals surface area contributed by atoms with Gasteiger partial charge in [-0.1, -0.05) is 23.7 Å². The van der Waals surface area contributed by atoms with Gasteiger partial charge in [0.25, 0.3) is 0 Å². The van der Waals surface area contributed by atoms with Gasteiger partial charge >= 0.3 is 6.03 Å². The first-order chi connectivity index (χ1) is 10.9. The fraction of sp³-hybridized carbons (Fsp3) is 0.235. The number of rotatable bonds is 3. The van der Waals surface area contributed by atoms with Gasteiger partial charge in [0.15, 0.2) is 11.5 Å². The van der Waals surface area contributed by atoms with E-state index in [-0.39, 0.29) is 12.8 Å². The molecule has 0 aliphatic carbocycles. The van der Waals surface area contributed by atoms with Crippen LogP contribution in [0.2, 0.25) is 5.02 Å². The molecule has 1 heterocycles. The normalized spacial score (nSPS) is 12.8. The summed E-state index contributed by atoms with van der Waals surface area (Å²) in [4.78, 5) is 12.2. The predicted octanol–water partition coefficient (Wildman–Crippen LogP) is 4.13. The minimum atomic E-state index is -0.537. The molecule has 0 fully saturated rings. The molecule has 0 saturated heterocycles. The molecule has 0 saturated carbocycles. The highest BCUT2D eigenvalue weighted by Gasteiger charge is 2.23. The molecular weight excluding hydrogens is 316 g/mol. The zero-order valence-electron chi connectivity index (χ0n) is 12.9. The van der Waals surface area contributed by atoms with Crippen LogP contribution in [0.25, 0.3) is 0 Å². The third-order valence-electron chi connectivity index (χ3n) is 3.62. The Morgan fingerprint density at radius 3 is 2.52 bits per heavy atom. The van der Waals surface area contributed by atoms with Crippen molar-refractivity contribution < 1.29 is 14.3 Å². The number of hydrogen-bond donors (Lipinski definition) is 2. The summed E-state index contributed by atoms with van der Waals surface area (Å²) in [5.74, 6) is 1.30. The van der Waals surface area contributed by atoms with Gasteiger partial charge in [-0.25, -0.2) is 4.79 Å². The molecule has 1 aliphatic heterocycles. The number of ether oxygens (including phenoxy) is 2. The quantitative estimate of drug-likeness (QED) is 0.888. The van der Waals surface area contributed by atoms with Crippen molar-refractivity contribution in [2.24, 2.45) is 0 Å². The van der Waals surface area contributed by atoms with Gasteiger partial charge < -0.3 is 20.1 Å². The highest BCUT2D eigenvalue weighted by atomic mass is 35.5. The number of nitrogens with one attached hydrogen (secondary N) is 2. The second-order valence-corrected chi connectivity index (χ2v) is 6.22. The van der Waals surface area contributed by atoms with Crippen molar-refractivity contribution in [1.82, 2.24) is 5.32 Å². The summed E-state index contributed by atoms with van der Waals surface area (Å²) >= 11 is 5.90. The minimum absolute atomic E-state index is 0.203. The molecule has 0 unspecified atom stereocenters. The topological polar surface area (TPSA) is 59.6 Å². The molecule has 3 rings (SSSR count). The number of hydrogen-bond acceptors (Lipinski definition) is 3. The lowest BCUT2D eigenvalue weighted by Gasteiger charge is -2.27. The summed E-state index contributed by atoms with van der Waals surface area (Å²) in [6.07, 6.45) is 0. The van der Waals surface area contributed by atoms with Crippen molar-refractivity contribution in [1.29, 1.82) is 0 Å². The molecule has 2 amide bonds. The van der Waals surface area contributed by atoms with Gasteiger partial charge in [-0.2, -0.15) is 0 Å². The Labute approximate surface area is 139 Å². The maximum absolute atomic E-state index is 12.2. The maximum atomic E-state index is 12.2. The smallest absolute Gasteiger partial charge is 0.319 e. The van der Waals surface area contributed by atoms with E-state index < -0.39 is 5.54 Å². The SMILES string of the molecule is CC(C)(NC(=O)Nc1ccc2c(c1)OCO2)c1ccc(Cl)cc1. The van der Waals surface area contributed by atoms with Crippen molar-refractivity contribution >= 4 is 23.3 Å². The fourth-order valence-corrected chi connectivity index (χ4v) is 2.49. The molecule has 1 aliphatic rings. The molecule has 0 atom stereocenters. The number of fused-ring (bicyclic) bond motifs is 1. The van der Waals surface area contributed by atoms with Crippen LogP contribution >= 0.6 is 11.6 Å². The fourth-order valence-electron chi connectivity index (χ4n) is 2.36. The van der Waals surface area contributed by atoms with Gasteiger partial charge in [-0.3, -0.25) is 0 Å². The first-order valence-electron chi connectivity index (χ1n) is 7.19. The van der Waals surface area contributed by atoms with Gasteiger partial charge in [0, 0.05) is 16.8 Å². The van der Waals surface area contributed by atoms with E-state index >= 15 is 0 Å². The minimum Gasteiger partial charge on any atom is -0.454 e. The van der Waals surface area contributed by atoms with Crippen molar-refractivity contribution in [3.63, 3.8) is 0 Å². The average Bonchev–Trinajstić information content (AvgIpc) is 2.94. The number of anilines is 1. The number of benzene rings is 2. The van der Waals surface area contributed by atoms with E-state index in [2.05, 4.69) is 10.6 Å². The van der Waals surface area contributed by atoms with Crippen molar-refractivity contribution in [3.8, 4) is 11.5 Å². The van der Waals surface area contributed by atoms with E-state index in [4.69, 9.17) is 21.1 Å². The summed E-state index contributed by atoms with van der Waals surface area (Å²) < 4.78 is 10.5. The van der Waals surface area contributed by atoms with Crippen LogP contribution in [-0.4, -0.2) is 12.8 Å². The van der Waals surface area contributed by atoms with Crippen LogP contribution in [0.1, 0.15) is 19.4 Å². The molecule has 120 valence electrons. The van der Waals surface area contributed by atoms with Crippen molar-refractivity contribution in [3.05, 3.63) is 53.1 Å². The Morgan fingerprint density at radius 2 is 1.78 bits per heavy atom. The lowest BCUT2D eigenvalue weighted by atomic mass is 9.94. The maximum Gasteiger partial charge on any atom is 0.319 e. The Morgan fingerprint density at radius 1 is 1.09 bits per heavy atom. The number of urea groups is 1. The second kappa shape index (κ2) is 6.01. The highest BCUT2D eigenvalue weighted by molar-refractivity contribution is 6.30. The van der Waals surface area contributed by atoms with Crippen LogP contribution in [0.15, 0.2) is 42.5 Å². The Kier molecular flexibility index (Phi) is 4.05. The van der Waals surface area contributed by atoms with E-state index in [1.54, 1.807) is 30.3 Å². The standard InChI is InChI=1S/C17H17ClN2O3/c1-17(2,11-3-5-12(18)6-4-11)20-16(21)19-13-7-8-14-15(9-13)23-10-22-14/h3-9H,10H2,1-2H3,(H2,19,20,21). The van der Waals surface area contributed by atoms with Crippen molar-refractivity contribution in [2.75, 3.05) is 12.1 Å². The van der Waals surface area contributed by atoms with Gasteiger partial charge in [0.05, 0.1) is 5.54 Å². The Bertz CT molecular complexity index is 729. The predicted molar refractivity (Wildman–Crippen MR) is 89.2 cm³/mol. The summed E-state index contributed by atoms with van der Waals surface area (Å²) in [5.41, 5.74) is 1.06. The number of halogens is 1. The first-order valence-corrected chi connectivity index (χ1v) is 7.57. The van der Waals surface area contributed by atoms with E-state index in [0.29, 0.717) is 22.2 Å². The second-order valence-electron chi connectivity index (χ2n) is 5.78. The van der Waals surface area contributed by atoms with E-state index in [9.17, 15) is 4.79 Å². The molecule has 0 spiro atoms. The van der Waals surface area contributed by atoms with Crippen LogP contribution in [-0.2, 0) is 5.54 Å². The summed E-state index contributed by atoms with van der Waals surface area (Å²) in [6, 6.07) is 12.4. The zero-order chi connectivity index (χ0) is 16.4. The lowest BCUT2D eigenvalue weighted by molar-refractivity contribution is 0.174. The van der Waals surface area contributed by atoms with Crippen LogP contribution in [0, 0.1) is 0 Å². The third-order valence-corrected chi connectivity index (χ3v) is 3.87. The van der Waals surface area contributed by atoms with Crippen LogP contribution in [0.3, 0.4) is 0 Å². The summed E-state index contributed by atoms with van der Waals surface area (Å²) in [6.45, 7) is 4.06. The number of carbonyl (C=O) groups is 1. The molecule has 0 radical (unpaired) electrons. The summed E-state index contributed by atoms with van der Waals surface area (Å²) in [5, 5.41) is 6.40. The number of amides is 2. The molecule has 5 nitrogen and oxygen atoms in total. The van der Waals surface area contributed by atoms with E-state index in [1.165, 1.54) is 0 Å². The Hall–Kier alpha value is -2.40. The molecular formula is C17H17ClN2O3. The highest BCUT2D eigenvalue weighted by Crippen LogP contribution is 2.34. The molecule has 2 aromatic rings. The monoisotopic (exact) mass is 332 g/mol. The summed E-state index contributed by atoms with van der Waals surface area (Å²) in [7, 11) is 0. The van der Waals surface area contributed by atoms with Crippen molar-refractivity contribution in [2.45, 2.75) is 19.4 Å². The number of carbonyl (C=O) groups excluding carboxylic acids is 1. The lowest BCUT2D eigenvalue weighted by Crippen LogP contribution is -2.43. The van der Waals surface area contributed by atoms with Crippen LogP contribution in [0.5, 0.6) is 11.5 Å². The van der Waals surface area contributed by atoms with Gasteiger partial charge in [0.2, 0.25) is 6.79 Å². The van der Waals surface area contributed by atoms with Gasteiger partial charge in [-0.15, -0.1) is 0 Å². The molecule has 2 aromatic carbocycles. The molecule has 0 bridgehead atoms. The molecule has 0 aromatic heterocycles. The first kappa shape index (κ1) is 15.5.